The van der Waals surface area contributed by atoms with Crippen LogP contribution in [-0.2, 0) is 10.0 Å². The lowest BCUT2D eigenvalue weighted by Gasteiger charge is -2.34. The molecule has 0 bridgehead atoms. The molecule has 1 aliphatic heterocycles. The van der Waals surface area contributed by atoms with Gasteiger partial charge in [0.2, 0.25) is 10.0 Å². The van der Waals surface area contributed by atoms with Gasteiger partial charge in [0.1, 0.15) is 0 Å². The van der Waals surface area contributed by atoms with Crippen molar-refractivity contribution in [3.63, 3.8) is 0 Å². The van der Waals surface area contributed by atoms with Crippen LogP contribution in [0.15, 0.2) is 18.2 Å². The van der Waals surface area contributed by atoms with Gasteiger partial charge in [0.15, 0.2) is 0 Å². The standard InChI is InChI=1S/C11H18N4O2S/c1-18(16,17)15-6-4-14(5-7-15)9-2-3-10(12)11(13)8-9/h2-3,8H,4-7,12-13H2,1H3. The van der Waals surface area contributed by atoms with Gasteiger partial charge in [-0.25, -0.2) is 8.42 Å². The van der Waals surface area contributed by atoms with Gasteiger partial charge in [0, 0.05) is 31.9 Å². The van der Waals surface area contributed by atoms with E-state index in [1.807, 2.05) is 12.1 Å². The van der Waals surface area contributed by atoms with Crippen LogP contribution in [0.25, 0.3) is 0 Å². The van der Waals surface area contributed by atoms with E-state index < -0.39 is 10.0 Å². The van der Waals surface area contributed by atoms with Crippen molar-refractivity contribution in [2.24, 2.45) is 0 Å². The monoisotopic (exact) mass is 270 g/mol. The second-order valence-corrected chi connectivity index (χ2v) is 6.44. The Kier molecular flexibility index (Phi) is 3.36. The van der Waals surface area contributed by atoms with Crippen LogP contribution in [0.1, 0.15) is 0 Å². The molecule has 0 aromatic heterocycles. The molecule has 0 unspecified atom stereocenters. The normalized spacial score (nSPS) is 17.9. The molecule has 0 amide bonds. The third-order valence-corrected chi connectivity index (χ3v) is 4.45. The van der Waals surface area contributed by atoms with E-state index in [0.29, 0.717) is 37.6 Å². The second kappa shape index (κ2) is 4.66. The molecule has 4 N–H and O–H groups in total. The van der Waals surface area contributed by atoms with E-state index in [2.05, 4.69) is 4.90 Å². The Morgan fingerprint density at radius 1 is 1.06 bits per heavy atom. The summed E-state index contributed by atoms with van der Waals surface area (Å²) < 4.78 is 24.3. The molecule has 0 saturated carbocycles. The number of piperazine rings is 1. The topological polar surface area (TPSA) is 92.7 Å². The molecule has 0 spiro atoms. The van der Waals surface area contributed by atoms with Crippen molar-refractivity contribution in [1.82, 2.24) is 4.31 Å². The third kappa shape index (κ3) is 2.68. The van der Waals surface area contributed by atoms with Crippen LogP contribution < -0.4 is 16.4 Å². The minimum absolute atomic E-state index is 0.503. The first kappa shape index (κ1) is 13.0. The van der Waals surface area contributed by atoms with Gasteiger partial charge in [0.05, 0.1) is 17.6 Å². The van der Waals surface area contributed by atoms with Crippen LogP contribution in [0.3, 0.4) is 0 Å². The van der Waals surface area contributed by atoms with Crippen molar-refractivity contribution in [3.05, 3.63) is 18.2 Å². The molecule has 18 heavy (non-hydrogen) atoms. The molecular weight excluding hydrogens is 252 g/mol. The van der Waals surface area contributed by atoms with Gasteiger partial charge in [-0.15, -0.1) is 0 Å². The number of nitrogens with zero attached hydrogens (tertiary/aromatic N) is 2. The number of nitrogens with two attached hydrogens (primary N) is 2. The average molecular weight is 270 g/mol. The number of rotatable bonds is 2. The van der Waals surface area contributed by atoms with Gasteiger partial charge < -0.3 is 16.4 Å². The van der Waals surface area contributed by atoms with E-state index in [1.54, 1.807) is 6.07 Å². The smallest absolute Gasteiger partial charge is 0.211 e. The third-order valence-electron chi connectivity index (χ3n) is 3.14. The van der Waals surface area contributed by atoms with Crippen LogP contribution in [-0.4, -0.2) is 45.2 Å². The largest absolute Gasteiger partial charge is 0.397 e. The predicted octanol–water partition coefficient (Wildman–Crippen LogP) is -0.0674. The van der Waals surface area contributed by atoms with Crippen molar-refractivity contribution in [3.8, 4) is 0 Å². The fraction of sp³-hybridized carbons (Fsp3) is 0.455. The maximum absolute atomic E-state index is 11.4. The zero-order chi connectivity index (χ0) is 13.3. The maximum atomic E-state index is 11.4. The molecule has 1 saturated heterocycles. The Morgan fingerprint density at radius 2 is 1.67 bits per heavy atom. The van der Waals surface area contributed by atoms with Crippen molar-refractivity contribution in [2.75, 3.05) is 48.8 Å². The first-order valence-corrected chi connectivity index (χ1v) is 7.58. The molecular formula is C11H18N4O2S. The zero-order valence-corrected chi connectivity index (χ0v) is 11.2. The summed E-state index contributed by atoms with van der Waals surface area (Å²) >= 11 is 0. The van der Waals surface area contributed by atoms with Crippen molar-refractivity contribution in [1.29, 1.82) is 0 Å². The fourth-order valence-corrected chi connectivity index (χ4v) is 2.86. The van der Waals surface area contributed by atoms with Crippen LogP contribution in [0.4, 0.5) is 17.1 Å². The lowest BCUT2D eigenvalue weighted by Crippen LogP contribution is -2.48. The Morgan fingerprint density at radius 3 is 2.17 bits per heavy atom. The van der Waals surface area contributed by atoms with Crippen LogP contribution in [0.2, 0.25) is 0 Å². The molecule has 1 aliphatic rings. The van der Waals surface area contributed by atoms with Crippen LogP contribution in [0, 0.1) is 0 Å². The fourth-order valence-electron chi connectivity index (χ4n) is 2.04. The zero-order valence-electron chi connectivity index (χ0n) is 10.3. The summed E-state index contributed by atoms with van der Waals surface area (Å²) in [6.07, 6.45) is 1.24. The van der Waals surface area contributed by atoms with Gasteiger partial charge in [-0.3, -0.25) is 0 Å². The van der Waals surface area contributed by atoms with Gasteiger partial charge in [0.25, 0.3) is 0 Å². The lowest BCUT2D eigenvalue weighted by molar-refractivity contribution is 0.388. The molecule has 1 heterocycles. The molecule has 7 heteroatoms. The highest BCUT2D eigenvalue weighted by atomic mass is 32.2. The lowest BCUT2D eigenvalue weighted by atomic mass is 10.2. The molecule has 1 aromatic carbocycles. The number of hydrogen-bond donors (Lipinski definition) is 2. The molecule has 6 nitrogen and oxygen atoms in total. The Balaban J connectivity index is 2.08. The quantitative estimate of drug-likeness (QED) is 0.734. The summed E-state index contributed by atoms with van der Waals surface area (Å²) in [5, 5.41) is 0. The molecule has 2 rings (SSSR count). The number of nitrogen functional groups attached to an aromatic ring is 2. The number of anilines is 3. The summed E-state index contributed by atoms with van der Waals surface area (Å²) in [6.45, 7) is 2.33. The SMILES string of the molecule is CS(=O)(=O)N1CCN(c2ccc(N)c(N)c2)CC1. The van der Waals surface area contributed by atoms with Gasteiger partial charge >= 0.3 is 0 Å². The molecule has 100 valence electrons. The molecule has 0 atom stereocenters. The summed E-state index contributed by atoms with van der Waals surface area (Å²) in [4.78, 5) is 2.11. The molecule has 1 aromatic rings. The van der Waals surface area contributed by atoms with Gasteiger partial charge in [-0.05, 0) is 18.2 Å². The van der Waals surface area contributed by atoms with E-state index in [4.69, 9.17) is 11.5 Å². The van der Waals surface area contributed by atoms with Crippen LogP contribution in [0.5, 0.6) is 0 Å². The highest BCUT2D eigenvalue weighted by Crippen LogP contribution is 2.24. The summed E-state index contributed by atoms with van der Waals surface area (Å²) in [5.74, 6) is 0. The molecule has 1 fully saturated rings. The Bertz CT molecular complexity index is 536. The number of sulfonamides is 1. The average Bonchev–Trinajstić information content (AvgIpc) is 2.32. The van der Waals surface area contributed by atoms with E-state index in [9.17, 15) is 8.42 Å². The summed E-state index contributed by atoms with van der Waals surface area (Å²) in [7, 11) is -3.08. The van der Waals surface area contributed by atoms with Gasteiger partial charge in [-0.1, -0.05) is 0 Å². The predicted molar refractivity (Wildman–Crippen MR) is 73.9 cm³/mol. The van der Waals surface area contributed by atoms with Crippen molar-refractivity contribution >= 4 is 27.1 Å². The Labute approximate surface area is 107 Å². The van der Waals surface area contributed by atoms with Crippen molar-refractivity contribution < 1.29 is 8.42 Å². The van der Waals surface area contributed by atoms with Crippen LogP contribution >= 0.6 is 0 Å². The molecule has 0 aliphatic carbocycles. The summed E-state index contributed by atoms with van der Waals surface area (Å²) in [6, 6.07) is 5.50. The van der Waals surface area contributed by atoms with E-state index in [1.165, 1.54) is 10.6 Å². The highest BCUT2D eigenvalue weighted by Gasteiger charge is 2.23. The second-order valence-electron chi connectivity index (χ2n) is 4.46. The maximum Gasteiger partial charge on any atom is 0.211 e. The van der Waals surface area contributed by atoms with Crippen molar-refractivity contribution in [2.45, 2.75) is 0 Å². The first-order chi connectivity index (χ1) is 8.38. The highest BCUT2D eigenvalue weighted by molar-refractivity contribution is 7.88. The minimum atomic E-state index is -3.08. The van der Waals surface area contributed by atoms with E-state index >= 15 is 0 Å². The summed E-state index contributed by atoms with van der Waals surface area (Å²) in [5.41, 5.74) is 13.5. The van der Waals surface area contributed by atoms with Gasteiger partial charge in [-0.2, -0.15) is 4.31 Å². The minimum Gasteiger partial charge on any atom is -0.397 e. The molecule has 0 radical (unpaired) electrons. The van der Waals surface area contributed by atoms with E-state index in [0.717, 1.165) is 5.69 Å². The number of hydrogen-bond acceptors (Lipinski definition) is 5. The first-order valence-electron chi connectivity index (χ1n) is 5.73. The van der Waals surface area contributed by atoms with E-state index in [-0.39, 0.29) is 0 Å². The number of benzene rings is 1. The Hall–Kier alpha value is -1.47.